The SMILES string of the molecule is CCCOc1oc(-n2ccnc2)nc1-c1ccc(Cl)cc1. The normalized spacial score (nSPS) is 10.8. The summed E-state index contributed by atoms with van der Waals surface area (Å²) in [5.41, 5.74) is 1.55. The summed E-state index contributed by atoms with van der Waals surface area (Å²) in [5, 5.41) is 0.674. The lowest BCUT2D eigenvalue weighted by atomic mass is 10.2. The molecule has 5 nitrogen and oxygen atoms in total. The molecule has 0 aliphatic heterocycles. The van der Waals surface area contributed by atoms with Crippen LogP contribution in [0.15, 0.2) is 47.4 Å². The third kappa shape index (κ3) is 2.92. The average Bonchev–Trinajstić information content (AvgIpc) is 3.15. The minimum absolute atomic E-state index is 0.405. The van der Waals surface area contributed by atoms with E-state index in [0.29, 0.717) is 29.3 Å². The molecule has 0 amide bonds. The second-order valence-corrected chi connectivity index (χ2v) is 4.89. The number of halogens is 1. The minimum atomic E-state index is 0.405. The number of hydrogen-bond donors (Lipinski definition) is 0. The van der Waals surface area contributed by atoms with E-state index >= 15 is 0 Å². The molecule has 3 aromatic rings. The van der Waals surface area contributed by atoms with Gasteiger partial charge in [-0.1, -0.05) is 30.7 Å². The first kappa shape index (κ1) is 13.7. The Kier molecular flexibility index (Phi) is 3.92. The summed E-state index contributed by atoms with van der Waals surface area (Å²) >= 11 is 5.92. The summed E-state index contributed by atoms with van der Waals surface area (Å²) in [6.07, 6.45) is 5.95. The number of hydrogen-bond acceptors (Lipinski definition) is 4. The molecule has 3 rings (SSSR count). The van der Waals surface area contributed by atoms with E-state index < -0.39 is 0 Å². The first-order chi connectivity index (χ1) is 10.3. The fourth-order valence-electron chi connectivity index (χ4n) is 1.86. The Morgan fingerprint density at radius 1 is 1.29 bits per heavy atom. The van der Waals surface area contributed by atoms with Crippen LogP contribution < -0.4 is 4.74 Å². The number of nitrogens with zero attached hydrogens (tertiary/aromatic N) is 3. The van der Waals surface area contributed by atoms with Crippen LogP contribution in [-0.4, -0.2) is 21.1 Å². The maximum absolute atomic E-state index is 5.92. The van der Waals surface area contributed by atoms with Crippen LogP contribution in [0.4, 0.5) is 0 Å². The molecular weight excluding hydrogens is 290 g/mol. The van der Waals surface area contributed by atoms with Crippen LogP contribution in [0, 0.1) is 0 Å². The van der Waals surface area contributed by atoms with Crippen molar-refractivity contribution in [2.45, 2.75) is 13.3 Å². The molecule has 21 heavy (non-hydrogen) atoms. The quantitative estimate of drug-likeness (QED) is 0.715. The zero-order chi connectivity index (χ0) is 14.7. The van der Waals surface area contributed by atoms with E-state index in [2.05, 4.69) is 9.97 Å². The number of aromatic nitrogens is 3. The van der Waals surface area contributed by atoms with Gasteiger partial charge in [0.05, 0.1) is 6.61 Å². The summed E-state index contributed by atoms with van der Waals surface area (Å²) in [7, 11) is 0. The van der Waals surface area contributed by atoms with Gasteiger partial charge in [-0.15, -0.1) is 0 Å². The molecule has 0 spiro atoms. The Hall–Kier alpha value is -2.27. The molecule has 2 aromatic heterocycles. The molecule has 2 heterocycles. The van der Waals surface area contributed by atoms with Crippen molar-refractivity contribution in [3.8, 4) is 23.2 Å². The van der Waals surface area contributed by atoms with Gasteiger partial charge in [0.25, 0.3) is 0 Å². The highest BCUT2D eigenvalue weighted by molar-refractivity contribution is 6.30. The van der Waals surface area contributed by atoms with E-state index in [4.69, 9.17) is 20.8 Å². The predicted molar refractivity (Wildman–Crippen MR) is 79.9 cm³/mol. The van der Waals surface area contributed by atoms with Gasteiger partial charge in [-0.05, 0) is 18.6 Å². The van der Waals surface area contributed by atoms with Crippen LogP contribution in [0.25, 0.3) is 17.3 Å². The molecule has 0 bridgehead atoms. The van der Waals surface area contributed by atoms with Crippen LogP contribution in [-0.2, 0) is 0 Å². The van der Waals surface area contributed by atoms with E-state index in [1.165, 1.54) is 0 Å². The maximum Gasteiger partial charge on any atom is 0.315 e. The van der Waals surface area contributed by atoms with Crippen molar-refractivity contribution in [2.75, 3.05) is 6.61 Å². The van der Waals surface area contributed by atoms with Gasteiger partial charge in [0.1, 0.15) is 6.33 Å². The third-order valence-corrected chi connectivity index (χ3v) is 3.12. The molecular formula is C15H14ClN3O2. The Bertz CT molecular complexity index is 705. The molecule has 0 saturated heterocycles. The van der Waals surface area contributed by atoms with Crippen molar-refractivity contribution in [1.29, 1.82) is 0 Å². The van der Waals surface area contributed by atoms with Gasteiger partial charge in [0, 0.05) is 23.0 Å². The van der Waals surface area contributed by atoms with Crippen LogP contribution in [0.1, 0.15) is 13.3 Å². The lowest BCUT2D eigenvalue weighted by molar-refractivity contribution is 0.243. The van der Waals surface area contributed by atoms with Gasteiger partial charge < -0.3 is 9.15 Å². The van der Waals surface area contributed by atoms with Crippen molar-refractivity contribution in [3.63, 3.8) is 0 Å². The Morgan fingerprint density at radius 2 is 2.10 bits per heavy atom. The molecule has 0 atom stereocenters. The molecule has 0 N–H and O–H groups in total. The Labute approximate surface area is 127 Å². The lowest BCUT2D eigenvalue weighted by Gasteiger charge is -2.02. The van der Waals surface area contributed by atoms with E-state index in [1.54, 1.807) is 23.3 Å². The monoisotopic (exact) mass is 303 g/mol. The highest BCUT2D eigenvalue weighted by Crippen LogP contribution is 2.32. The number of rotatable bonds is 5. The topological polar surface area (TPSA) is 53.1 Å². The largest absolute Gasteiger partial charge is 0.464 e. The molecule has 0 fully saturated rings. The number of oxazole rings is 1. The third-order valence-electron chi connectivity index (χ3n) is 2.87. The fraction of sp³-hybridized carbons (Fsp3) is 0.200. The van der Waals surface area contributed by atoms with Crippen molar-refractivity contribution < 1.29 is 9.15 Å². The van der Waals surface area contributed by atoms with Gasteiger partial charge in [-0.3, -0.25) is 4.57 Å². The first-order valence-electron chi connectivity index (χ1n) is 6.66. The maximum atomic E-state index is 5.92. The van der Waals surface area contributed by atoms with Crippen molar-refractivity contribution in [3.05, 3.63) is 48.0 Å². The van der Waals surface area contributed by atoms with Gasteiger partial charge >= 0.3 is 12.0 Å². The minimum Gasteiger partial charge on any atom is -0.464 e. The number of ether oxygens (including phenoxy) is 1. The van der Waals surface area contributed by atoms with Crippen molar-refractivity contribution >= 4 is 11.6 Å². The zero-order valence-electron chi connectivity index (χ0n) is 11.5. The van der Waals surface area contributed by atoms with Crippen molar-refractivity contribution in [1.82, 2.24) is 14.5 Å². The molecule has 0 radical (unpaired) electrons. The van der Waals surface area contributed by atoms with Gasteiger partial charge in [0.2, 0.25) is 0 Å². The predicted octanol–water partition coefficient (Wildman–Crippen LogP) is 3.97. The Balaban J connectivity index is 2.02. The van der Waals surface area contributed by atoms with Gasteiger partial charge in [-0.2, -0.15) is 4.98 Å². The van der Waals surface area contributed by atoms with Crippen LogP contribution in [0.3, 0.4) is 0 Å². The first-order valence-corrected chi connectivity index (χ1v) is 7.03. The number of benzene rings is 1. The summed E-state index contributed by atoms with van der Waals surface area (Å²) < 4.78 is 13.0. The second kappa shape index (κ2) is 6.01. The highest BCUT2D eigenvalue weighted by Gasteiger charge is 2.17. The second-order valence-electron chi connectivity index (χ2n) is 4.46. The van der Waals surface area contributed by atoms with Crippen molar-refractivity contribution in [2.24, 2.45) is 0 Å². The fourth-order valence-corrected chi connectivity index (χ4v) is 1.99. The van der Waals surface area contributed by atoms with Crippen LogP contribution in [0.5, 0.6) is 5.95 Å². The smallest absolute Gasteiger partial charge is 0.315 e. The van der Waals surface area contributed by atoms with E-state index in [9.17, 15) is 0 Å². The molecule has 0 aliphatic carbocycles. The summed E-state index contributed by atoms with van der Waals surface area (Å²) in [5.74, 6) is 0.405. The zero-order valence-corrected chi connectivity index (χ0v) is 12.2. The van der Waals surface area contributed by atoms with Gasteiger partial charge in [0.15, 0.2) is 5.69 Å². The van der Waals surface area contributed by atoms with E-state index in [1.807, 2.05) is 31.2 Å². The molecule has 0 unspecified atom stereocenters. The number of imidazole rings is 1. The summed E-state index contributed by atoms with van der Waals surface area (Å²) in [6.45, 7) is 2.61. The van der Waals surface area contributed by atoms with Gasteiger partial charge in [-0.25, -0.2) is 4.98 Å². The van der Waals surface area contributed by atoms with E-state index in [-0.39, 0.29) is 0 Å². The highest BCUT2D eigenvalue weighted by atomic mass is 35.5. The molecule has 0 saturated carbocycles. The molecule has 6 heteroatoms. The molecule has 108 valence electrons. The molecule has 1 aromatic carbocycles. The standard InChI is InChI=1S/C15H14ClN3O2/c1-2-9-20-14-13(11-3-5-12(16)6-4-11)18-15(21-14)19-8-7-17-10-19/h3-8,10H,2,9H2,1H3. The molecule has 0 aliphatic rings. The van der Waals surface area contributed by atoms with E-state index in [0.717, 1.165) is 12.0 Å². The van der Waals surface area contributed by atoms with Crippen LogP contribution >= 0.6 is 11.6 Å². The average molecular weight is 304 g/mol. The van der Waals surface area contributed by atoms with Crippen LogP contribution in [0.2, 0.25) is 5.02 Å². The summed E-state index contributed by atoms with van der Waals surface area (Å²) in [4.78, 5) is 8.48. The Morgan fingerprint density at radius 3 is 2.76 bits per heavy atom. The lowest BCUT2D eigenvalue weighted by Crippen LogP contribution is -1.95. The summed E-state index contributed by atoms with van der Waals surface area (Å²) in [6, 6.07) is 7.81.